The van der Waals surface area contributed by atoms with E-state index >= 15 is 0 Å². The van der Waals surface area contributed by atoms with Gasteiger partial charge in [-0.1, -0.05) is 13.8 Å². The van der Waals surface area contributed by atoms with E-state index < -0.39 is 0 Å². The van der Waals surface area contributed by atoms with E-state index in [2.05, 4.69) is 29.4 Å². The predicted octanol–water partition coefficient (Wildman–Crippen LogP) is 0.690. The molecule has 0 bridgehead atoms. The maximum Gasteiger partial charge on any atom is 0.223 e. The second-order valence-electron chi connectivity index (χ2n) is 5.83. The molecule has 2 saturated heterocycles. The second-order valence-corrected chi connectivity index (χ2v) is 5.83. The van der Waals surface area contributed by atoms with Crippen molar-refractivity contribution in [3.05, 3.63) is 0 Å². The van der Waals surface area contributed by atoms with Crippen LogP contribution in [0, 0.1) is 17.8 Å². The average molecular weight is 253 g/mol. The molecule has 0 aromatic carbocycles. The molecule has 2 heterocycles. The molecule has 2 aliphatic heterocycles. The first-order chi connectivity index (χ1) is 8.70. The normalized spacial score (nSPS) is 24.6. The lowest BCUT2D eigenvalue weighted by Gasteiger charge is -2.33. The van der Waals surface area contributed by atoms with Gasteiger partial charge in [-0.2, -0.15) is 0 Å². The van der Waals surface area contributed by atoms with Crippen molar-refractivity contribution in [2.24, 2.45) is 17.8 Å². The third-order valence-corrected chi connectivity index (χ3v) is 4.65. The van der Waals surface area contributed by atoms with Crippen LogP contribution < -0.4 is 10.6 Å². The van der Waals surface area contributed by atoms with Crippen molar-refractivity contribution < 1.29 is 4.79 Å². The van der Waals surface area contributed by atoms with Crippen LogP contribution >= 0.6 is 0 Å². The fraction of sp³-hybridized carbons (Fsp3) is 0.929. The summed E-state index contributed by atoms with van der Waals surface area (Å²) < 4.78 is 0. The first-order valence-electron chi connectivity index (χ1n) is 7.41. The molecule has 18 heavy (non-hydrogen) atoms. The standard InChI is InChI=1S/C14H27N3O/c1-3-17-6-4-12(5-7-17)8-16-14(18)11(2)13-9-15-10-13/h11-13,15H,3-10H2,1-2H3,(H,16,18). The summed E-state index contributed by atoms with van der Waals surface area (Å²) in [4.78, 5) is 14.5. The highest BCUT2D eigenvalue weighted by Gasteiger charge is 2.29. The molecule has 2 aliphatic rings. The van der Waals surface area contributed by atoms with E-state index in [4.69, 9.17) is 0 Å². The molecule has 1 unspecified atom stereocenters. The van der Waals surface area contributed by atoms with Crippen molar-refractivity contribution in [2.75, 3.05) is 39.3 Å². The Bertz CT molecular complexity index is 270. The summed E-state index contributed by atoms with van der Waals surface area (Å²) >= 11 is 0. The highest BCUT2D eigenvalue weighted by molar-refractivity contribution is 5.78. The topological polar surface area (TPSA) is 44.4 Å². The third kappa shape index (κ3) is 3.45. The van der Waals surface area contributed by atoms with E-state index in [9.17, 15) is 4.79 Å². The lowest BCUT2D eigenvalue weighted by molar-refractivity contribution is -0.126. The van der Waals surface area contributed by atoms with Gasteiger partial charge in [0.15, 0.2) is 0 Å². The van der Waals surface area contributed by atoms with E-state index in [0.717, 1.165) is 26.2 Å². The van der Waals surface area contributed by atoms with Gasteiger partial charge in [0.1, 0.15) is 0 Å². The molecule has 4 nitrogen and oxygen atoms in total. The Morgan fingerprint density at radius 2 is 2.06 bits per heavy atom. The van der Waals surface area contributed by atoms with Crippen molar-refractivity contribution in [3.63, 3.8) is 0 Å². The number of likely N-dealkylation sites (tertiary alicyclic amines) is 1. The zero-order chi connectivity index (χ0) is 13.0. The number of piperidine rings is 1. The van der Waals surface area contributed by atoms with Crippen LogP contribution in [0.25, 0.3) is 0 Å². The van der Waals surface area contributed by atoms with Crippen molar-refractivity contribution >= 4 is 5.91 Å². The molecule has 0 aromatic heterocycles. The van der Waals surface area contributed by atoms with E-state index in [1.54, 1.807) is 0 Å². The number of hydrogen-bond acceptors (Lipinski definition) is 3. The van der Waals surface area contributed by atoms with Crippen molar-refractivity contribution in [3.8, 4) is 0 Å². The Hall–Kier alpha value is -0.610. The van der Waals surface area contributed by atoms with E-state index in [-0.39, 0.29) is 11.8 Å². The summed E-state index contributed by atoms with van der Waals surface area (Å²) in [6, 6.07) is 0. The molecule has 2 fully saturated rings. The van der Waals surface area contributed by atoms with Gasteiger partial charge < -0.3 is 15.5 Å². The largest absolute Gasteiger partial charge is 0.356 e. The van der Waals surface area contributed by atoms with Gasteiger partial charge in [-0.15, -0.1) is 0 Å². The first kappa shape index (κ1) is 13.8. The molecular formula is C14H27N3O. The van der Waals surface area contributed by atoms with Crippen LogP contribution in [0.3, 0.4) is 0 Å². The van der Waals surface area contributed by atoms with Crippen molar-refractivity contribution in [1.29, 1.82) is 0 Å². The number of carbonyl (C=O) groups excluding carboxylic acids is 1. The van der Waals surface area contributed by atoms with Gasteiger partial charge in [0.2, 0.25) is 5.91 Å². The predicted molar refractivity (Wildman–Crippen MR) is 73.4 cm³/mol. The molecule has 1 amide bonds. The minimum absolute atomic E-state index is 0.169. The molecule has 0 aromatic rings. The molecule has 0 aliphatic carbocycles. The summed E-state index contributed by atoms with van der Waals surface area (Å²) in [6.45, 7) is 10.7. The minimum atomic E-state index is 0.169. The van der Waals surface area contributed by atoms with Crippen LogP contribution in [-0.2, 0) is 4.79 Å². The van der Waals surface area contributed by atoms with E-state index in [0.29, 0.717) is 11.8 Å². The zero-order valence-corrected chi connectivity index (χ0v) is 11.7. The van der Waals surface area contributed by atoms with Crippen LogP contribution in [0.5, 0.6) is 0 Å². The molecule has 104 valence electrons. The third-order valence-electron chi connectivity index (χ3n) is 4.65. The van der Waals surface area contributed by atoms with Crippen LogP contribution in [0.1, 0.15) is 26.7 Å². The number of rotatable bonds is 5. The maximum absolute atomic E-state index is 12.0. The average Bonchev–Trinajstić information content (AvgIpc) is 2.34. The SMILES string of the molecule is CCN1CCC(CNC(=O)C(C)C2CNC2)CC1. The molecule has 4 heteroatoms. The van der Waals surface area contributed by atoms with Crippen molar-refractivity contribution in [2.45, 2.75) is 26.7 Å². The Kier molecular flexibility index (Phi) is 5.01. The Morgan fingerprint density at radius 1 is 1.39 bits per heavy atom. The van der Waals surface area contributed by atoms with Gasteiger partial charge >= 0.3 is 0 Å². The summed E-state index contributed by atoms with van der Waals surface area (Å²) in [5.74, 6) is 1.65. The van der Waals surface area contributed by atoms with Gasteiger partial charge in [0.05, 0.1) is 0 Å². The van der Waals surface area contributed by atoms with Crippen molar-refractivity contribution in [1.82, 2.24) is 15.5 Å². The Morgan fingerprint density at radius 3 is 2.56 bits per heavy atom. The number of nitrogens with zero attached hydrogens (tertiary/aromatic N) is 1. The summed E-state index contributed by atoms with van der Waals surface area (Å²) in [5.41, 5.74) is 0. The van der Waals surface area contributed by atoms with Crippen LogP contribution in [0.2, 0.25) is 0 Å². The fourth-order valence-electron chi connectivity index (χ4n) is 2.79. The number of hydrogen-bond donors (Lipinski definition) is 2. The Balaban J connectivity index is 1.63. The monoisotopic (exact) mass is 253 g/mol. The van der Waals surface area contributed by atoms with Gasteiger partial charge in [-0.25, -0.2) is 0 Å². The minimum Gasteiger partial charge on any atom is -0.356 e. The highest BCUT2D eigenvalue weighted by atomic mass is 16.1. The summed E-state index contributed by atoms with van der Waals surface area (Å²) in [6.07, 6.45) is 2.46. The van der Waals surface area contributed by atoms with Crippen LogP contribution in [0.15, 0.2) is 0 Å². The fourth-order valence-corrected chi connectivity index (χ4v) is 2.79. The van der Waals surface area contributed by atoms with E-state index in [1.807, 2.05) is 0 Å². The molecule has 0 radical (unpaired) electrons. The van der Waals surface area contributed by atoms with Crippen LogP contribution in [-0.4, -0.2) is 50.1 Å². The lowest BCUT2D eigenvalue weighted by atomic mass is 9.88. The molecule has 0 spiro atoms. The summed E-state index contributed by atoms with van der Waals surface area (Å²) in [5, 5.41) is 6.38. The van der Waals surface area contributed by atoms with Gasteiger partial charge in [-0.05, 0) is 57.4 Å². The second kappa shape index (κ2) is 6.53. The van der Waals surface area contributed by atoms with Crippen LogP contribution in [0.4, 0.5) is 0 Å². The molecule has 1 atom stereocenters. The smallest absolute Gasteiger partial charge is 0.223 e. The molecule has 2 N–H and O–H groups in total. The molecule has 2 rings (SSSR count). The van der Waals surface area contributed by atoms with E-state index in [1.165, 1.54) is 25.9 Å². The Labute approximate surface area is 110 Å². The van der Waals surface area contributed by atoms with Gasteiger partial charge in [-0.3, -0.25) is 4.79 Å². The molecule has 0 saturated carbocycles. The number of carbonyl (C=O) groups is 1. The van der Waals surface area contributed by atoms with Gasteiger partial charge in [0, 0.05) is 12.5 Å². The first-order valence-corrected chi connectivity index (χ1v) is 7.41. The number of nitrogens with one attached hydrogen (secondary N) is 2. The molecular weight excluding hydrogens is 226 g/mol. The highest BCUT2D eigenvalue weighted by Crippen LogP contribution is 2.18. The maximum atomic E-state index is 12.0. The number of amides is 1. The zero-order valence-electron chi connectivity index (χ0n) is 11.7. The summed E-state index contributed by atoms with van der Waals surface area (Å²) in [7, 11) is 0. The van der Waals surface area contributed by atoms with Gasteiger partial charge in [0.25, 0.3) is 0 Å². The quantitative estimate of drug-likeness (QED) is 0.758. The lowest BCUT2D eigenvalue weighted by Crippen LogP contribution is -2.50.